The summed E-state index contributed by atoms with van der Waals surface area (Å²) in [5, 5.41) is 0. The molecule has 0 fully saturated rings. The van der Waals surface area contributed by atoms with Crippen molar-refractivity contribution in [2.75, 3.05) is 0 Å². The molecule has 2 aliphatic heterocycles. The number of aromatic nitrogens is 4. The molecule has 0 unspecified atom stereocenters. The van der Waals surface area contributed by atoms with E-state index in [-0.39, 0.29) is 40.9 Å². The quantitative estimate of drug-likeness (QED) is 0.0776. The van der Waals surface area contributed by atoms with E-state index in [1.165, 1.54) is 97.1 Å². The number of rotatable bonds is 8. The van der Waals surface area contributed by atoms with Gasteiger partial charge in [-0.25, -0.2) is 9.97 Å². The van der Waals surface area contributed by atoms with Crippen LogP contribution in [-0.2, 0) is 40.5 Å². The lowest BCUT2D eigenvalue weighted by Gasteiger charge is -2.13. The summed E-state index contributed by atoms with van der Waals surface area (Å²) in [5.41, 5.74) is 6.76. The second kappa shape index (κ2) is 17.5. The van der Waals surface area contributed by atoms with Gasteiger partial charge in [0.2, 0.25) is 0 Å². The molecule has 9 rings (SSSR count). The van der Waals surface area contributed by atoms with Crippen molar-refractivity contribution in [2.24, 2.45) is 0 Å². The maximum absolute atomic E-state index is 12.3. The van der Waals surface area contributed by atoms with E-state index < -0.39 is 55.2 Å². The van der Waals surface area contributed by atoms with Gasteiger partial charge in [0.15, 0.2) is 0 Å². The molecule has 4 aromatic carbocycles. The third-order valence-corrected chi connectivity index (χ3v) is 13.9. The predicted molar refractivity (Wildman–Crippen MR) is 253 cm³/mol. The molecule has 0 saturated carbocycles. The van der Waals surface area contributed by atoms with Gasteiger partial charge in [-0.3, -0.25) is 18.2 Å². The van der Waals surface area contributed by atoms with Crippen molar-refractivity contribution >= 4 is 111 Å². The lowest BCUT2D eigenvalue weighted by Crippen LogP contribution is -1.99. The molecule has 0 spiro atoms. The Bertz CT molecular complexity index is 3800. The van der Waals surface area contributed by atoms with Crippen molar-refractivity contribution in [3.05, 3.63) is 156 Å². The van der Waals surface area contributed by atoms with Gasteiger partial charge in [-0.2, -0.15) is 33.7 Å². The Hall–Kier alpha value is -6.30. The summed E-state index contributed by atoms with van der Waals surface area (Å²) in [5.74, 6) is 0. The van der Waals surface area contributed by atoms with Crippen LogP contribution in [0.15, 0.2) is 147 Å². The predicted octanol–water partition coefficient (Wildman–Crippen LogP) is 8.91. The van der Waals surface area contributed by atoms with Crippen LogP contribution < -0.4 is 0 Å². The van der Waals surface area contributed by atoms with Gasteiger partial charge < -0.3 is 9.97 Å². The number of nitrogens with zero attached hydrogens (tertiary/aromatic N) is 2. The Morgan fingerprint density at radius 1 is 0.394 bits per heavy atom. The summed E-state index contributed by atoms with van der Waals surface area (Å²) in [7, 11) is -18.5. The van der Waals surface area contributed by atoms with E-state index in [9.17, 15) is 51.9 Å². The first-order valence-electron chi connectivity index (χ1n) is 18.7. The van der Waals surface area contributed by atoms with Crippen LogP contribution >= 0.6 is 24.8 Å². The topological polar surface area (TPSA) is 275 Å². The van der Waals surface area contributed by atoms with Crippen molar-refractivity contribution in [2.45, 2.75) is 19.6 Å². The smallest absolute Gasteiger partial charge is 0.294 e. The molecule has 16 nitrogen and oxygen atoms in total. The van der Waals surface area contributed by atoms with Gasteiger partial charge in [0, 0.05) is 38.8 Å². The number of aromatic amines is 2. The number of H-pyrrole nitrogens is 2. The molecule has 3 aromatic heterocycles. The van der Waals surface area contributed by atoms with Crippen LogP contribution in [0.3, 0.4) is 0 Å². The Balaban J connectivity index is 0.00000324. The normalized spacial score (nSPS) is 12.8. The highest BCUT2D eigenvalue weighted by molar-refractivity contribution is 7.86. The minimum atomic E-state index is -4.67. The first-order chi connectivity index (χ1) is 30.2. The van der Waals surface area contributed by atoms with Crippen LogP contribution in [0, 0.1) is 0 Å². The molecule has 0 radical (unpaired) electrons. The molecule has 8 bridgehead atoms. The third-order valence-electron chi connectivity index (χ3n) is 10.4. The van der Waals surface area contributed by atoms with Crippen molar-refractivity contribution in [3.8, 4) is 33.4 Å². The summed E-state index contributed by atoms with van der Waals surface area (Å²) >= 11 is 0. The fourth-order valence-corrected chi connectivity index (χ4v) is 9.45. The SMILES string of the molecule is Cl.Cl.O=S(=O)(O)c1ccc(C2=Cc3cc4ccc(cc5nc(cc6[nH]c(c(-c7ccc(S(=O)(=O)O)cc7)c2n3)c(-c2ccc(S(=O)(=O)O)cc2)c6-c2ccc(S(=O)(=O)O)cc2)C=C5)[nH]4)cc1. The van der Waals surface area contributed by atoms with E-state index in [0.29, 0.717) is 78.1 Å². The van der Waals surface area contributed by atoms with Crippen LogP contribution in [0.1, 0.15) is 28.3 Å². The molecule has 0 saturated heterocycles. The molecule has 0 amide bonds. The molecule has 22 heteroatoms. The van der Waals surface area contributed by atoms with Crippen LogP contribution in [-0.4, -0.2) is 71.8 Å². The van der Waals surface area contributed by atoms with Gasteiger partial charge in [-0.15, -0.1) is 24.8 Å². The summed E-state index contributed by atoms with van der Waals surface area (Å²) < 4.78 is 137. The highest BCUT2D eigenvalue weighted by Gasteiger charge is 2.26. The number of hydrogen-bond donors (Lipinski definition) is 6. The zero-order chi connectivity index (χ0) is 45.3. The van der Waals surface area contributed by atoms with E-state index in [0.717, 1.165) is 0 Å². The monoisotopic (exact) mass is 1010 g/mol. The summed E-state index contributed by atoms with van der Waals surface area (Å²) in [6.07, 6.45) is 5.30. The molecule has 66 heavy (non-hydrogen) atoms. The first kappa shape index (κ1) is 47.7. The Labute approximate surface area is 389 Å². The first-order valence-corrected chi connectivity index (χ1v) is 24.5. The molecular weight excluding hydrogens is 976 g/mol. The highest BCUT2D eigenvalue weighted by Crippen LogP contribution is 2.46. The fraction of sp³-hybridized carbons (Fsp3) is 0. The van der Waals surface area contributed by atoms with Gasteiger partial charge in [0.05, 0.1) is 47.9 Å². The van der Waals surface area contributed by atoms with Crippen LogP contribution in [0.4, 0.5) is 0 Å². The van der Waals surface area contributed by atoms with Gasteiger partial charge in [-0.1, -0.05) is 48.5 Å². The molecule has 338 valence electrons. The largest absolute Gasteiger partial charge is 0.355 e. The Morgan fingerprint density at radius 2 is 0.773 bits per heavy atom. The van der Waals surface area contributed by atoms with Crippen molar-refractivity contribution in [1.29, 1.82) is 0 Å². The number of hydrogen-bond acceptors (Lipinski definition) is 10. The maximum Gasteiger partial charge on any atom is 0.294 e. The van der Waals surface area contributed by atoms with Crippen LogP contribution in [0.2, 0.25) is 0 Å². The number of nitrogens with one attached hydrogen (secondary N) is 2. The van der Waals surface area contributed by atoms with E-state index in [2.05, 4.69) is 9.97 Å². The van der Waals surface area contributed by atoms with E-state index in [1.54, 1.807) is 30.4 Å². The lowest BCUT2D eigenvalue weighted by molar-refractivity contribution is 0.481. The molecule has 0 atom stereocenters. The van der Waals surface area contributed by atoms with Crippen molar-refractivity contribution < 1.29 is 51.9 Å². The number of halogens is 2. The zero-order valence-electron chi connectivity index (χ0n) is 33.3. The third kappa shape index (κ3) is 9.50. The van der Waals surface area contributed by atoms with Gasteiger partial charge in [-0.05, 0) is 119 Å². The highest BCUT2D eigenvalue weighted by atomic mass is 35.5. The van der Waals surface area contributed by atoms with Crippen molar-refractivity contribution in [3.63, 3.8) is 0 Å². The van der Waals surface area contributed by atoms with Gasteiger partial charge in [0.25, 0.3) is 40.5 Å². The average molecular weight is 1010 g/mol. The van der Waals surface area contributed by atoms with Gasteiger partial charge in [0.1, 0.15) is 0 Å². The summed E-state index contributed by atoms with van der Waals surface area (Å²) in [6, 6.07) is 30.2. The zero-order valence-corrected chi connectivity index (χ0v) is 38.2. The minimum Gasteiger partial charge on any atom is -0.355 e. The van der Waals surface area contributed by atoms with Crippen molar-refractivity contribution in [1.82, 2.24) is 19.9 Å². The van der Waals surface area contributed by atoms with E-state index in [4.69, 9.17) is 9.97 Å². The second-order valence-electron chi connectivity index (χ2n) is 14.6. The Morgan fingerprint density at radius 3 is 1.21 bits per heavy atom. The van der Waals surface area contributed by atoms with Crippen LogP contribution in [0.5, 0.6) is 0 Å². The standard InChI is InChI=1S/C44H30N4O12S4.2ClH/c49-61(50,51)34-13-1-25(2-14-34)38-23-33-22-31-10-9-29(45-31)21-30-11-12-32(46-30)24-39-40(26-3-15-35(16-4-26)62(52,53)54)41(27-5-17-36(18-6-27)63(55,56)57)44(48-39)42(43(38)47-33)28-7-19-37(20-8-28)64(58,59)60;;/h1-24,45,48H,(H,49,50,51)(H,52,53,54)(H,55,56,57)(H,58,59,60);2*1H. The number of benzene rings is 4. The maximum atomic E-state index is 12.3. The van der Waals surface area contributed by atoms with Gasteiger partial charge >= 0.3 is 0 Å². The van der Waals surface area contributed by atoms with E-state index in [1.807, 2.05) is 18.2 Å². The molecule has 5 heterocycles. The summed E-state index contributed by atoms with van der Waals surface area (Å²) in [6.45, 7) is 0. The average Bonchev–Trinajstić information content (AvgIpc) is 4.05. The van der Waals surface area contributed by atoms with E-state index >= 15 is 0 Å². The lowest BCUT2D eigenvalue weighted by atomic mass is 9.91. The van der Waals surface area contributed by atoms with Crippen LogP contribution in [0.25, 0.3) is 79.2 Å². The molecule has 7 aromatic rings. The molecule has 0 aliphatic carbocycles. The minimum absolute atomic E-state index is 0. The molecular formula is C44H32Cl2N4O12S4. The number of fused-ring (bicyclic) bond motifs is 8. The molecule has 6 N–H and O–H groups in total. The Kier molecular flexibility index (Phi) is 12.6. The fourth-order valence-electron chi connectivity index (χ4n) is 7.53. The second-order valence-corrected chi connectivity index (χ2v) is 20.3. The molecule has 2 aliphatic rings. The summed E-state index contributed by atoms with van der Waals surface area (Å²) in [4.78, 5) is 15.1.